The van der Waals surface area contributed by atoms with Crippen molar-refractivity contribution in [3.05, 3.63) is 17.2 Å². The Bertz CT molecular complexity index is 1040. The quantitative estimate of drug-likeness (QED) is 0.608. The molecular weight excluding hydrogens is 376 g/mol. The van der Waals surface area contributed by atoms with E-state index in [-0.39, 0.29) is 30.5 Å². The van der Waals surface area contributed by atoms with Crippen LogP contribution in [0.15, 0.2) is 4.63 Å². The lowest BCUT2D eigenvalue weighted by Crippen LogP contribution is -2.37. The Balaban J connectivity index is 1.83. The number of anilines is 1. The highest BCUT2D eigenvalue weighted by Gasteiger charge is 2.37. The van der Waals surface area contributed by atoms with Crippen LogP contribution < -0.4 is 4.90 Å². The van der Waals surface area contributed by atoms with Crippen LogP contribution in [-0.2, 0) is 16.8 Å². The van der Waals surface area contributed by atoms with Gasteiger partial charge in [0.15, 0.2) is 11.3 Å². The number of aryl methyl sites for hydroxylation is 1. The van der Waals surface area contributed by atoms with E-state index >= 15 is 0 Å². The van der Waals surface area contributed by atoms with Gasteiger partial charge in [0.2, 0.25) is 5.65 Å². The number of aliphatic hydroxyl groups is 1. The third-order valence-electron chi connectivity index (χ3n) is 5.21. The van der Waals surface area contributed by atoms with Crippen LogP contribution in [0.5, 0.6) is 0 Å². The van der Waals surface area contributed by atoms with E-state index in [9.17, 15) is 9.90 Å². The van der Waals surface area contributed by atoms with E-state index in [2.05, 4.69) is 25.5 Å². The molecule has 1 N–H and O–H groups in total. The van der Waals surface area contributed by atoms with Crippen LogP contribution in [-0.4, -0.2) is 65.9 Å². The van der Waals surface area contributed by atoms with Gasteiger partial charge in [0.25, 0.3) is 0 Å². The Labute approximate surface area is 167 Å². The smallest absolute Gasteiger partial charge is 0.207 e. The second-order valence-electron chi connectivity index (χ2n) is 8.35. The molecule has 1 fully saturated rings. The number of carbonyl (C=O) groups excluding carboxylic acids is 1. The van der Waals surface area contributed by atoms with Crippen LogP contribution in [0.3, 0.4) is 0 Å². The van der Waals surface area contributed by atoms with Crippen LogP contribution in [0.25, 0.3) is 11.2 Å². The highest BCUT2D eigenvalue weighted by Crippen LogP contribution is 2.33. The molecule has 11 nitrogen and oxygen atoms in total. The lowest BCUT2D eigenvalue weighted by molar-refractivity contribution is -0.111. The number of aldehydes is 1. The highest BCUT2D eigenvalue weighted by atomic mass is 16.6. The van der Waals surface area contributed by atoms with Gasteiger partial charge >= 0.3 is 0 Å². The maximum Gasteiger partial charge on any atom is 0.207 e. The number of hydrogen-bond donors (Lipinski definition) is 1. The average Bonchev–Trinajstić information content (AvgIpc) is 3.38. The van der Waals surface area contributed by atoms with Crippen LogP contribution in [0.1, 0.15) is 44.4 Å². The zero-order valence-electron chi connectivity index (χ0n) is 16.9. The second-order valence-corrected chi connectivity index (χ2v) is 8.35. The normalized spacial score (nSPS) is 20.0. The molecule has 4 rings (SSSR count). The van der Waals surface area contributed by atoms with E-state index in [1.54, 1.807) is 6.92 Å². The molecule has 0 saturated carbocycles. The minimum absolute atomic E-state index is 0.141. The van der Waals surface area contributed by atoms with Gasteiger partial charge in [-0.25, -0.2) is 14.6 Å². The van der Waals surface area contributed by atoms with Crippen molar-refractivity contribution in [1.29, 1.82) is 0 Å². The number of rotatable bonds is 5. The fourth-order valence-corrected chi connectivity index (χ4v) is 3.50. The summed E-state index contributed by atoms with van der Waals surface area (Å²) in [5, 5.41) is 26.6. The molecular formula is C18H24N8O3. The number of aromatic nitrogens is 7. The largest absolute Gasteiger partial charge is 0.394 e. The standard InChI is InChI=1S/C18H24N8O3/c1-10-12(24-29-23-10)7-26-21-14-15(22-26)19-17(18(2,3)4)20-16(14)25-6-5-11(8-27)13(25)9-28/h8,11,13,28H,5-7,9H2,1-4H3/t11-,13-/m1/s1. The van der Waals surface area contributed by atoms with E-state index in [4.69, 9.17) is 9.61 Å². The number of hydrogen-bond acceptors (Lipinski definition) is 10. The number of carbonyl (C=O) groups is 1. The summed E-state index contributed by atoms with van der Waals surface area (Å²) >= 11 is 0. The highest BCUT2D eigenvalue weighted by molar-refractivity contribution is 5.83. The van der Waals surface area contributed by atoms with Gasteiger partial charge in [-0.05, 0) is 13.3 Å². The van der Waals surface area contributed by atoms with Crippen molar-refractivity contribution in [2.45, 2.75) is 52.1 Å². The summed E-state index contributed by atoms with van der Waals surface area (Å²) in [5.74, 6) is 0.962. The van der Waals surface area contributed by atoms with Crippen LogP contribution in [0.2, 0.25) is 0 Å². The second kappa shape index (κ2) is 7.14. The Hall–Kier alpha value is -2.95. The summed E-state index contributed by atoms with van der Waals surface area (Å²) in [7, 11) is 0. The molecule has 0 aliphatic carbocycles. The van der Waals surface area contributed by atoms with E-state index in [1.165, 1.54) is 4.80 Å². The van der Waals surface area contributed by atoms with Gasteiger partial charge in [0, 0.05) is 17.9 Å². The first kappa shape index (κ1) is 19.4. The first-order valence-electron chi connectivity index (χ1n) is 9.56. The molecule has 0 bridgehead atoms. The predicted molar refractivity (Wildman–Crippen MR) is 102 cm³/mol. The van der Waals surface area contributed by atoms with Gasteiger partial charge in [-0.2, -0.15) is 4.80 Å². The van der Waals surface area contributed by atoms with Crippen molar-refractivity contribution < 1.29 is 14.5 Å². The number of nitrogens with zero attached hydrogens (tertiary/aromatic N) is 8. The van der Waals surface area contributed by atoms with Crippen LogP contribution >= 0.6 is 0 Å². The first-order valence-corrected chi connectivity index (χ1v) is 9.56. The Morgan fingerprint density at radius 3 is 2.66 bits per heavy atom. The maximum absolute atomic E-state index is 11.4. The Morgan fingerprint density at radius 1 is 1.24 bits per heavy atom. The Morgan fingerprint density at radius 2 is 2.03 bits per heavy atom. The molecule has 29 heavy (non-hydrogen) atoms. The molecule has 4 heterocycles. The predicted octanol–water partition coefficient (Wildman–Crippen LogP) is 0.645. The van der Waals surface area contributed by atoms with E-state index in [0.717, 1.165) is 6.29 Å². The minimum Gasteiger partial charge on any atom is -0.394 e. The number of fused-ring (bicyclic) bond motifs is 1. The monoisotopic (exact) mass is 400 g/mol. The lowest BCUT2D eigenvalue weighted by atomic mass is 9.95. The Kier molecular flexibility index (Phi) is 4.77. The van der Waals surface area contributed by atoms with Crippen molar-refractivity contribution in [1.82, 2.24) is 35.3 Å². The molecule has 0 amide bonds. The fraction of sp³-hybridized carbons (Fsp3) is 0.611. The SMILES string of the molecule is Cc1nonc1Cn1nc2nc(C(C)(C)C)nc(N3CC[C@H](C=O)[C@H]3CO)c2n1. The fourth-order valence-electron chi connectivity index (χ4n) is 3.50. The van der Waals surface area contributed by atoms with E-state index < -0.39 is 0 Å². The summed E-state index contributed by atoms with van der Waals surface area (Å²) in [6.07, 6.45) is 1.56. The molecule has 1 saturated heterocycles. The molecule has 11 heteroatoms. The number of aliphatic hydroxyl groups excluding tert-OH is 1. The summed E-state index contributed by atoms with van der Waals surface area (Å²) < 4.78 is 4.75. The molecule has 3 aromatic rings. The van der Waals surface area contributed by atoms with E-state index in [1.807, 2.05) is 25.7 Å². The molecule has 1 aliphatic heterocycles. The van der Waals surface area contributed by atoms with Crippen LogP contribution in [0.4, 0.5) is 5.82 Å². The summed E-state index contributed by atoms with van der Waals surface area (Å²) in [6.45, 7) is 8.61. The van der Waals surface area contributed by atoms with Crippen molar-refractivity contribution >= 4 is 23.3 Å². The summed E-state index contributed by atoms with van der Waals surface area (Å²) in [4.78, 5) is 24.3. The van der Waals surface area contributed by atoms with Gasteiger partial charge in [0.05, 0.1) is 12.6 Å². The summed E-state index contributed by atoms with van der Waals surface area (Å²) in [6, 6.07) is -0.342. The average molecular weight is 400 g/mol. The molecule has 0 aromatic carbocycles. The molecule has 1 aliphatic rings. The van der Waals surface area contributed by atoms with Gasteiger partial charge < -0.3 is 14.8 Å². The van der Waals surface area contributed by atoms with Crippen LogP contribution in [0, 0.1) is 12.8 Å². The molecule has 2 atom stereocenters. The molecule has 3 aromatic heterocycles. The van der Waals surface area contributed by atoms with Gasteiger partial charge in [-0.3, -0.25) is 0 Å². The van der Waals surface area contributed by atoms with Crippen molar-refractivity contribution in [3.8, 4) is 0 Å². The zero-order valence-corrected chi connectivity index (χ0v) is 16.9. The van der Waals surface area contributed by atoms with Crippen molar-refractivity contribution in [2.24, 2.45) is 5.92 Å². The maximum atomic E-state index is 11.4. The van der Waals surface area contributed by atoms with E-state index in [0.29, 0.717) is 47.2 Å². The van der Waals surface area contributed by atoms with Gasteiger partial charge in [-0.1, -0.05) is 31.1 Å². The topological polar surface area (TPSA) is 136 Å². The first-order chi connectivity index (χ1) is 13.8. The third-order valence-corrected chi connectivity index (χ3v) is 5.21. The molecule has 0 unspecified atom stereocenters. The van der Waals surface area contributed by atoms with Crippen molar-refractivity contribution in [2.75, 3.05) is 18.1 Å². The third kappa shape index (κ3) is 3.46. The summed E-state index contributed by atoms with van der Waals surface area (Å²) in [5.41, 5.74) is 1.98. The lowest BCUT2D eigenvalue weighted by Gasteiger charge is -2.27. The molecule has 0 radical (unpaired) electrons. The van der Waals surface area contributed by atoms with Gasteiger partial charge in [-0.15, -0.1) is 10.2 Å². The molecule has 154 valence electrons. The van der Waals surface area contributed by atoms with Crippen molar-refractivity contribution in [3.63, 3.8) is 0 Å². The van der Waals surface area contributed by atoms with Gasteiger partial charge in [0.1, 0.15) is 30.0 Å². The minimum atomic E-state index is -0.342. The zero-order chi connectivity index (χ0) is 20.8. The molecule has 0 spiro atoms.